The van der Waals surface area contributed by atoms with E-state index in [1.807, 2.05) is 6.07 Å². The van der Waals surface area contributed by atoms with Crippen LogP contribution in [0.1, 0.15) is 34.4 Å². The minimum atomic E-state index is -0.903. The SMILES string of the molecule is CCOC(=O)CN(Cc1coc(C)n1)C(=O)c1cccc(COc2ccc(-c3cc(F)c(F)cc3SC)cc2)c1. The van der Waals surface area contributed by atoms with Gasteiger partial charge in [0.1, 0.15) is 25.2 Å². The van der Waals surface area contributed by atoms with E-state index in [0.717, 1.165) is 11.1 Å². The molecule has 1 heterocycles. The first-order valence-corrected chi connectivity index (χ1v) is 13.7. The lowest BCUT2D eigenvalue weighted by Crippen LogP contribution is -2.36. The molecule has 4 rings (SSSR count). The number of oxazole rings is 1. The molecule has 0 unspecified atom stereocenters. The summed E-state index contributed by atoms with van der Waals surface area (Å²) in [4.78, 5) is 31.8. The van der Waals surface area contributed by atoms with Gasteiger partial charge in [-0.15, -0.1) is 11.8 Å². The van der Waals surface area contributed by atoms with Crippen LogP contribution in [0, 0.1) is 18.6 Å². The first kappa shape index (κ1) is 28.8. The van der Waals surface area contributed by atoms with Crippen LogP contribution >= 0.6 is 11.8 Å². The first-order valence-electron chi connectivity index (χ1n) is 12.5. The number of aromatic nitrogens is 1. The van der Waals surface area contributed by atoms with E-state index in [1.165, 1.54) is 35.1 Å². The number of nitrogens with zero attached hydrogens (tertiary/aromatic N) is 2. The number of halogens is 2. The quantitative estimate of drug-likeness (QED) is 0.153. The van der Waals surface area contributed by atoms with Gasteiger partial charge in [-0.05, 0) is 66.3 Å². The van der Waals surface area contributed by atoms with E-state index in [2.05, 4.69) is 4.98 Å². The average Bonchev–Trinajstić information content (AvgIpc) is 3.37. The largest absolute Gasteiger partial charge is 0.489 e. The first-order chi connectivity index (χ1) is 19.3. The molecular formula is C30H28F2N2O5S. The number of benzene rings is 3. The lowest BCUT2D eigenvalue weighted by atomic mass is 10.1. The third-order valence-corrected chi connectivity index (χ3v) is 6.70. The van der Waals surface area contributed by atoms with Gasteiger partial charge in [-0.3, -0.25) is 9.59 Å². The Morgan fingerprint density at radius 3 is 2.48 bits per heavy atom. The van der Waals surface area contributed by atoms with E-state index >= 15 is 0 Å². The molecule has 3 aromatic carbocycles. The highest BCUT2D eigenvalue weighted by Gasteiger charge is 2.22. The van der Waals surface area contributed by atoms with Crippen molar-refractivity contribution in [3.63, 3.8) is 0 Å². The van der Waals surface area contributed by atoms with E-state index in [9.17, 15) is 18.4 Å². The van der Waals surface area contributed by atoms with Crippen molar-refractivity contribution in [2.45, 2.75) is 31.9 Å². The number of thioether (sulfide) groups is 1. The zero-order valence-corrected chi connectivity index (χ0v) is 23.1. The molecule has 1 aromatic heterocycles. The molecule has 0 radical (unpaired) electrons. The highest BCUT2D eigenvalue weighted by Crippen LogP contribution is 2.33. The molecule has 0 aliphatic carbocycles. The molecule has 0 saturated carbocycles. The molecule has 0 N–H and O–H groups in total. The molecule has 4 aromatic rings. The monoisotopic (exact) mass is 566 g/mol. The molecule has 10 heteroatoms. The Bertz CT molecular complexity index is 1490. The number of hydrogen-bond acceptors (Lipinski definition) is 7. The van der Waals surface area contributed by atoms with Gasteiger partial charge in [0.2, 0.25) is 0 Å². The minimum Gasteiger partial charge on any atom is -0.489 e. The number of esters is 1. The van der Waals surface area contributed by atoms with Crippen LogP contribution < -0.4 is 4.74 Å². The third-order valence-electron chi connectivity index (χ3n) is 5.92. The van der Waals surface area contributed by atoms with Gasteiger partial charge in [-0.25, -0.2) is 13.8 Å². The smallest absolute Gasteiger partial charge is 0.325 e. The van der Waals surface area contributed by atoms with E-state index in [0.29, 0.717) is 33.4 Å². The second-order valence-corrected chi connectivity index (χ2v) is 9.65. The Labute approximate surface area is 235 Å². The predicted octanol–water partition coefficient (Wildman–Crippen LogP) is 6.43. The maximum absolute atomic E-state index is 13.8. The van der Waals surface area contributed by atoms with Crippen LogP contribution in [0.3, 0.4) is 0 Å². The van der Waals surface area contributed by atoms with Crippen LogP contribution in [0.5, 0.6) is 5.75 Å². The molecule has 0 aliphatic heterocycles. The van der Waals surface area contributed by atoms with Crippen molar-refractivity contribution in [2.24, 2.45) is 0 Å². The van der Waals surface area contributed by atoms with E-state index in [4.69, 9.17) is 13.9 Å². The molecule has 208 valence electrons. The minimum absolute atomic E-state index is 0.0816. The molecule has 0 atom stereocenters. The lowest BCUT2D eigenvalue weighted by Gasteiger charge is -2.21. The number of carbonyl (C=O) groups excluding carboxylic acids is 2. The van der Waals surface area contributed by atoms with Crippen molar-refractivity contribution in [1.29, 1.82) is 0 Å². The summed E-state index contributed by atoms with van der Waals surface area (Å²) < 4.78 is 43.7. The average molecular weight is 567 g/mol. The van der Waals surface area contributed by atoms with Gasteiger partial charge in [0.15, 0.2) is 17.5 Å². The Hall–Kier alpha value is -4.18. The normalized spacial score (nSPS) is 10.8. The maximum Gasteiger partial charge on any atom is 0.325 e. The fourth-order valence-corrected chi connectivity index (χ4v) is 4.65. The van der Waals surface area contributed by atoms with Gasteiger partial charge in [0.05, 0.1) is 18.8 Å². The summed E-state index contributed by atoms with van der Waals surface area (Å²) >= 11 is 1.33. The van der Waals surface area contributed by atoms with Crippen LogP contribution in [-0.2, 0) is 22.7 Å². The second-order valence-electron chi connectivity index (χ2n) is 8.80. The number of hydrogen-bond donors (Lipinski definition) is 0. The van der Waals surface area contributed by atoms with Crippen molar-refractivity contribution in [2.75, 3.05) is 19.4 Å². The number of rotatable bonds is 11. The molecule has 0 saturated heterocycles. The molecule has 0 spiro atoms. The summed E-state index contributed by atoms with van der Waals surface area (Å²) in [5.41, 5.74) is 2.97. The number of aryl methyl sites for hydroxylation is 1. The zero-order valence-electron chi connectivity index (χ0n) is 22.3. The summed E-state index contributed by atoms with van der Waals surface area (Å²) in [5, 5.41) is 0. The van der Waals surface area contributed by atoms with Gasteiger partial charge in [-0.2, -0.15) is 0 Å². The van der Waals surface area contributed by atoms with Crippen LogP contribution in [0.15, 0.2) is 76.2 Å². The van der Waals surface area contributed by atoms with Crippen LogP contribution in [0.25, 0.3) is 11.1 Å². The van der Waals surface area contributed by atoms with Gasteiger partial charge in [-0.1, -0.05) is 24.3 Å². The Kier molecular flexibility index (Phi) is 9.55. The molecule has 1 amide bonds. The van der Waals surface area contributed by atoms with Gasteiger partial charge in [0.25, 0.3) is 5.91 Å². The summed E-state index contributed by atoms with van der Waals surface area (Å²) in [5.74, 6) is -1.65. The zero-order chi connectivity index (χ0) is 28.6. The Balaban J connectivity index is 1.45. The Morgan fingerprint density at radius 2 is 1.80 bits per heavy atom. The topological polar surface area (TPSA) is 81.9 Å². The molecule has 0 bridgehead atoms. The van der Waals surface area contributed by atoms with Crippen molar-refractivity contribution in [3.8, 4) is 16.9 Å². The summed E-state index contributed by atoms with van der Waals surface area (Å²) in [6.07, 6.45) is 3.25. The van der Waals surface area contributed by atoms with Gasteiger partial charge in [0, 0.05) is 17.4 Å². The predicted molar refractivity (Wildman–Crippen MR) is 147 cm³/mol. The van der Waals surface area contributed by atoms with Crippen LogP contribution in [0.2, 0.25) is 0 Å². The van der Waals surface area contributed by atoms with Crippen molar-refractivity contribution in [1.82, 2.24) is 9.88 Å². The second kappa shape index (κ2) is 13.3. The van der Waals surface area contributed by atoms with E-state index < -0.39 is 17.6 Å². The van der Waals surface area contributed by atoms with E-state index in [-0.39, 0.29) is 32.2 Å². The molecule has 40 heavy (non-hydrogen) atoms. The standard InChI is InChI=1S/C30H28F2N2O5S/c1-4-37-29(35)16-34(15-23-18-38-19(2)33-23)30(36)22-7-5-6-20(12-22)17-39-24-10-8-21(9-11-24)25-13-26(31)27(32)14-28(25)40-3/h5-14,18H,4,15-17H2,1-3H3. The fourth-order valence-electron chi connectivity index (χ4n) is 4.04. The third kappa shape index (κ3) is 7.26. The number of amides is 1. The summed E-state index contributed by atoms with van der Waals surface area (Å²) in [6.45, 7) is 3.63. The van der Waals surface area contributed by atoms with Crippen molar-refractivity contribution >= 4 is 23.6 Å². The summed E-state index contributed by atoms with van der Waals surface area (Å²) in [6, 6.07) is 16.4. The number of ether oxygens (including phenoxy) is 2. The van der Waals surface area contributed by atoms with Crippen molar-refractivity contribution < 1.29 is 32.3 Å². The highest BCUT2D eigenvalue weighted by atomic mass is 32.2. The highest BCUT2D eigenvalue weighted by molar-refractivity contribution is 7.98. The Morgan fingerprint density at radius 1 is 1.05 bits per heavy atom. The molecular weight excluding hydrogens is 538 g/mol. The maximum atomic E-state index is 13.8. The molecule has 0 fully saturated rings. The number of carbonyl (C=O) groups is 2. The lowest BCUT2D eigenvalue weighted by molar-refractivity contribution is -0.143. The van der Waals surface area contributed by atoms with Crippen molar-refractivity contribution in [3.05, 3.63) is 101 Å². The van der Waals surface area contributed by atoms with Gasteiger partial charge < -0.3 is 18.8 Å². The van der Waals surface area contributed by atoms with E-state index in [1.54, 1.807) is 62.6 Å². The van der Waals surface area contributed by atoms with Crippen LogP contribution in [0.4, 0.5) is 8.78 Å². The fraction of sp³-hybridized carbons (Fsp3) is 0.233. The van der Waals surface area contributed by atoms with Gasteiger partial charge >= 0.3 is 5.97 Å². The molecule has 0 aliphatic rings. The molecule has 7 nitrogen and oxygen atoms in total. The summed E-state index contributed by atoms with van der Waals surface area (Å²) in [7, 11) is 0. The van der Waals surface area contributed by atoms with Crippen LogP contribution in [-0.4, -0.2) is 41.2 Å².